The summed E-state index contributed by atoms with van der Waals surface area (Å²) >= 11 is 0. The van der Waals surface area contributed by atoms with Gasteiger partial charge in [-0.15, -0.1) is 5.10 Å². The highest BCUT2D eigenvalue weighted by Gasteiger charge is 2.29. The fourth-order valence-corrected chi connectivity index (χ4v) is 2.80. The van der Waals surface area contributed by atoms with E-state index in [9.17, 15) is 0 Å². The lowest BCUT2D eigenvalue weighted by Gasteiger charge is -2.38. The molecule has 0 radical (unpaired) electrons. The van der Waals surface area contributed by atoms with Crippen LogP contribution in [0.4, 0.5) is 5.95 Å². The van der Waals surface area contributed by atoms with Gasteiger partial charge in [0.05, 0.1) is 0 Å². The van der Waals surface area contributed by atoms with Gasteiger partial charge in [-0.1, -0.05) is 13.0 Å². The third kappa shape index (κ3) is 1.84. The van der Waals surface area contributed by atoms with Gasteiger partial charge in [-0.05, 0) is 30.9 Å². The Kier molecular flexibility index (Phi) is 2.91. The number of nitrogens with two attached hydrogens (primary N) is 1. The molecule has 3 rings (SSSR count). The topological polar surface area (TPSA) is 59.5 Å². The smallest absolute Gasteiger partial charge is 0.245 e. The number of piperidine rings is 1. The minimum atomic E-state index is 0.358. The van der Waals surface area contributed by atoms with E-state index in [0.29, 0.717) is 18.5 Å². The molecule has 18 heavy (non-hydrogen) atoms. The highest BCUT2D eigenvalue weighted by Crippen LogP contribution is 2.26. The van der Waals surface area contributed by atoms with Gasteiger partial charge in [0.2, 0.25) is 5.95 Å². The van der Waals surface area contributed by atoms with Gasteiger partial charge in [0, 0.05) is 25.3 Å². The Balaban J connectivity index is 1.96. The molecule has 5 heteroatoms. The highest BCUT2D eigenvalue weighted by atomic mass is 15.4. The number of rotatable bonds is 2. The van der Waals surface area contributed by atoms with Crippen molar-refractivity contribution in [3.63, 3.8) is 0 Å². The van der Waals surface area contributed by atoms with E-state index in [1.165, 1.54) is 12.8 Å². The lowest BCUT2D eigenvalue weighted by Crippen LogP contribution is -2.49. The van der Waals surface area contributed by atoms with Gasteiger partial charge in [0.1, 0.15) is 0 Å². The Hall–Kier alpha value is -1.62. The minimum Gasteiger partial charge on any atom is -0.335 e. The van der Waals surface area contributed by atoms with Gasteiger partial charge >= 0.3 is 0 Å². The quantitative estimate of drug-likeness (QED) is 0.866. The zero-order valence-corrected chi connectivity index (χ0v) is 10.7. The molecule has 2 N–H and O–H groups in total. The summed E-state index contributed by atoms with van der Waals surface area (Å²) in [6.07, 6.45) is 4.36. The van der Waals surface area contributed by atoms with Crippen molar-refractivity contribution in [1.82, 2.24) is 14.6 Å². The van der Waals surface area contributed by atoms with E-state index in [1.807, 2.05) is 28.9 Å². The van der Waals surface area contributed by atoms with E-state index in [-0.39, 0.29) is 0 Å². The summed E-state index contributed by atoms with van der Waals surface area (Å²) in [6, 6.07) is 6.27. The number of anilines is 1. The maximum absolute atomic E-state index is 5.91. The van der Waals surface area contributed by atoms with Crippen LogP contribution in [-0.4, -0.2) is 33.7 Å². The first-order valence-corrected chi connectivity index (χ1v) is 6.57. The first kappa shape index (κ1) is 11.5. The van der Waals surface area contributed by atoms with Crippen molar-refractivity contribution in [2.45, 2.75) is 25.8 Å². The monoisotopic (exact) mass is 245 g/mol. The molecule has 96 valence electrons. The predicted octanol–water partition coefficient (Wildman–Crippen LogP) is 1.29. The van der Waals surface area contributed by atoms with Gasteiger partial charge in [-0.25, -0.2) is 4.52 Å². The lowest BCUT2D eigenvalue weighted by atomic mass is 9.91. The molecule has 2 atom stereocenters. The summed E-state index contributed by atoms with van der Waals surface area (Å²) in [7, 11) is 0. The van der Waals surface area contributed by atoms with Gasteiger partial charge in [0.15, 0.2) is 5.65 Å². The molecule has 5 nitrogen and oxygen atoms in total. The third-order valence-electron chi connectivity index (χ3n) is 3.84. The first-order chi connectivity index (χ1) is 8.79. The summed E-state index contributed by atoms with van der Waals surface area (Å²) in [6.45, 7) is 3.93. The summed E-state index contributed by atoms with van der Waals surface area (Å²) in [5.41, 5.74) is 6.80. The van der Waals surface area contributed by atoms with E-state index in [4.69, 9.17) is 5.73 Å². The largest absolute Gasteiger partial charge is 0.335 e. The van der Waals surface area contributed by atoms with Gasteiger partial charge in [0.25, 0.3) is 0 Å². The molecule has 2 aromatic heterocycles. The van der Waals surface area contributed by atoms with E-state index in [1.54, 1.807) is 0 Å². The van der Waals surface area contributed by atoms with Crippen LogP contribution in [0.25, 0.3) is 5.65 Å². The number of nitrogens with zero attached hydrogens (tertiary/aromatic N) is 4. The van der Waals surface area contributed by atoms with Crippen molar-refractivity contribution in [3.05, 3.63) is 24.4 Å². The van der Waals surface area contributed by atoms with Crippen LogP contribution in [-0.2, 0) is 0 Å². The third-order valence-corrected chi connectivity index (χ3v) is 3.84. The van der Waals surface area contributed by atoms with Crippen LogP contribution in [0.1, 0.15) is 19.8 Å². The van der Waals surface area contributed by atoms with E-state index in [0.717, 1.165) is 18.1 Å². The molecule has 1 saturated heterocycles. The molecule has 0 aromatic carbocycles. The normalized spacial score (nSPS) is 24.7. The summed E-state index contributed by atoms with van der Waals surface area (Å²) in [5, 5.41) is 4.54. The second kappa shape index (κ2) is 4.57. The number of hydrogen-bond donors (Lipinski definition) is 1. The zero-order chi connectivity index (χ0) is 12.5. The molecular formula is C13H19N5. The Morgan fingerprint density at radius 2 is 2.33 bits per heavy atom. The van der Waals surface area contributed by atoms with Crippen LogP contribution in [0.15, 0.2) is 24.4 Å². The Labute approximate surface area is 107 Å². The molecular weight excluding hydrogens is 226 g/mol. The van der Waals surface area contributed by atoms with E-state index >= 15 is 0 Å². The molecule has 0 bridgehead atoms. The predicted molar refractivity (Wildman–Crippen MR) is 71.6 cm³/mol. The van der Waals surface area contributed by atoms with Crippen LogP contribution >= 0.6 is 0 Å². The van der Waals surface area contributed by atoms with Crippen molar-refractivity contribution >= 4 is 11.6 Å². The number of hydrogen-bond acceptors (Lipinski definition) is 4. The fraction of sp³-hybridized carbons (Fsp3) is 0.538. The maximum atomic E-state index is 5.91. The van der Waals surface area contributed by atoms with Crippen LogP contribution in [0.3, 0.4) is 0 Å². The molecule has 1 aliphatic rings. The van der Waals surface area contributed by atoms with Crippen molar-refractivity contribution in [1.29, 1.82) is 0 Å². The molecule has 0 aliphatic carbocycles. The molecule has 0 amide bonds. The summed E-state index contributed by atoms with van der Waals surface area (Å²) in [5.74, 6) is 1.42. The van der Waals surface area contributed by atoms with Crippen molar-refractivity contribution in [2.75, 3.05) is 18.0 Å². The number of aromatic nitrogens is 3. The molecule has 1 aliphatic heterocycles. The van der Waals surface area contributed by atoms with Crippen LogP contribution in [0, 0.1) is 5.92 Å². The first-order valence-electron chi connectivity index (χ1n) is 6.57. The standard InChI is InChI=1S/C13H19N5/c1-10-5-4-7-17(11(10)9-14)13-15-12-6-2-3-8-18(12)16-13/h2-3,6,8,10-11H,4-5,7,9,14H2,1H3. The van der Waals surface area contributed by atoms with Crippen molar-refractivity contribution < 1.29 is 0 Å². The Morgan fingerprint density at radius 1 is 1.44 bits per heavy atom. The fourth-order valence-electron chi connectivity index (χ4n) is 2.80. The second-order valence-electron chi connectivity index (χ2n) is 5.03. The molecule has 0 spiro atoms. The molecule has 3 heterocycles. The second-order valence-corrected chi connectivity index (χ2v) is 5.03. The minimum absolute atomic E-state index is 0.358. The van der Waals surface area contributed by atoms with Gasteiger partial charge < -0.3 is 10.6 Å². The molecule has 0 saturated carbocycles. The van der Waals surface area contributed by atoms with Crippen molar-refractivity contribution in [3.8, 4) is 0 Å². The van der Waals surface area contributed by atoms with Crippen LogP contribution in [0.2, 0.25) is 0 Å². The summed E-state index contributed by atoms with van der Waals surface area (Å²) < 4.78 is 1.82. The van der Waals surface area contributed by atoms with Crippen LogP contribution < -0.4 is 10.6 Å². The average molecular weight is 245 g/mol. The number of pyridine rings is 1. The average Bonchev–Trinajstić information content (AvgIpc) is 2.82. The summed E-state index contributed by atoms with van der Waals surface area (Å²) in [4.78, 5) is 6.86. The van der Waals surface area contributed by atoms with Crippen molar-refractivity contribution in [2.24, 2.45) is 11.7 Å². The Bertz CT molecular complexity index is 502. The van der Waals surface area contributed by atoms with Gasteiger partial charge in [-0.2, -0.15) is 4.98 Å². The van der Waals surface area contributed by atoms with E-state index in [2.05, 4.69) is 21.9 Å². The zero-order valence-electron chi connectivity index (χ0n) is 10.7. The molecule has 2 unspecified atom stereocenters. The SMILES string of the molecule is CC1CCCN(c2nc3ccccn3n2)C1CN. The Morgan fingerprint density at radius 3 is 3.11 bits per heavy atom. The molecule has 2 aromatic rings. The van der Waals surface area contributed by atoms with Crippen LogP contribution in [0.5, 0.6) is 0 Å². The lowest BCUT2D eigenvalue weighted by molar-refractivity contribution is 0.346. The number of fused-ring (bicyclic) bond motifs is 1. The highest BCUT2D eigenvalue weighted by molar-refractivity contribution is 5.45. The molecule has 1 fully saturated rings. The van der Waals surface area contributed by atoms with E-state index < -0.39 is 0 Å². The maximum Gasteiger partial charge on any atom is 0.245 e. The van der Waals surface area contributed by atoms with Gasteiger partial charge in [-0.3, -0.25) is 0 Å².